The molecule has 2 aliphatic carbocycles. The molecule has 0 aromatic carbocycles. The summed E-state index contributed by atoms with van der Waals surface area (Å²) in [4.78, 5) is 4.12. The minimum atomic E-state index is -0.684. The van der Waals surface area contributed by atoms with Crippen LogP contribution in [0.15, 0.2) is 60.7 Å². The largest absolute Gasteiger partial charge is 0.489 e. The van der Waals surface area contributed by atoms with Crippen molar-refractivity contribution in [1.29, 1.82) is 0 Å². The van der Waals surface area contributed by atoms with E-state index in [-0.39, 0.29) is 47.8 Å². The molecule has 202 valence electrons. The van der Waals surface area contributed by atoms with Gasteiger partial charge < -0.3 is 29.7 Å². The molecule has 2 fully saturated rings. The van der Waals surface area contributed by atoms with Gasteiger partial charge >= 0.3 is 0 Å². The number of aliphatic hydroxyl groups is 2. The number of aromatic nitrogens is 1. The zero-order valence-electron chi connectivity index (χ0n) is 22.6. The number of hydrogen-bond acceptors (Lipinski definition) is 7. The summed E-state index contributed by atoms with van der Waals surface area (Å²) >= 11 is 0. The Morgan fingerprint density at radius 3 is 2.68 bits per heavy atom. The van der Waals surface area contributed by atoms with Crippen LogP contribution in [0.25, 0.3) is 0 Å². The van der Waals surface area contributed by atoms with E-state index in [1.54, 1.807) is 26.4 Å². The highest BCUT2D eigenvalue weighted by molar-refractivity contribution is 5.36. The molecule has 1 aromatic rings. The van der Waals surface area contributed by atoms with E-state index in [4.69, 9.17) is 14.2 Å². The van der Waals surface area contributed by atoms with E-state index < -0.39 is 23.9 Å². The topological polar surface area (TPSA) is 93.1 Å². The Labute approximate surface area is 220 Å². The highest BCUT2D eigenvalue weighted by Crippen LogP contribution is 2.60. The van der Waals surface area contributed by atoms with Crippen LogP contribution in [-0.4, -0.2) is 64.5 Å². The van der Waals surface area contributed by atoms with Crippen LogP contribution in [0.4, 0.5) is 0 Å². The highest BCUT2D eigenvalue weighted by atomic mass is 16.5. The van der Waals surface area contributed by atoms with Crippen LogP contribution in [-0.2, 0) is 20.8 Å². The molecule has 1 aromatic heterocycles. The third kappa shape index (κ3) is 4.39. The first kappa shape index (κ1) is 26.6. The van der Waals surface area contributed by atoms with Gasteiger partial charge in [-0.1, -0.05) is 38.7 Å². The quantitative estimate of drug-likeness (QED) is 0.523. The molecule has 7 heteroatoms. The Hall–Kier alpha value is -2.03. The van der Waals surface area contributed by atoms with Crippen LogP contribution in [0.5, 0.6) is 0 Å². The van der Waals surface area contributed by atoms with Crippen LogP contribution in [0.3, 0.4) is 0 Å². The van der Waals surface area contributed by atoms with Gasteiger partial charge in [0.05, 0.1) is 18.3 Å². The minimum Gasteiger partial charge on any atom is -0.489 e. The Balaban J connectivity index is 1.55. The summed E-state index contributed by atoms with van der Waals surface area (Å²) in [6, 6.07) is 4.02. The lowest BCUT2D eigenvalue weighted by atomic mass is 9.57. The van der Waals surface area contributed by atoms with Crippen molar-refractivity contribution in [2.45, 2.75) is 82.8 Å². The Morgan fingerprint density at radius 1 is 1.27 bits per heavy atom. The zero-order chi connectivity index (χ0) is 26.5. The van der Waals surface area contributed by atoms with Crippen LogP contribution in [0.1, 0.15) is 39.7 Å². The lowest BCUT2D eigenvalue weighted by molar-refractivity contribution is -0.0899. The second-order valence-electron chi connectivity index (χ2n) is 11.5. The molecule has 7 nitrogen and oxygen atoms in total. The van der Waals surface area contributed by atoms with E-state index in [1.807, 2.05) is 12.1 Å². The smallest absolute Gasteiger partial charge is 0.130 e. The summed E-state index contributed by atoms with van der Waals surface area (Å²) in [7, 11) is 1.67. The first-order valence-corrected chi connectivity index (χ1v) is 13.6. The fraction of sp³-hybridized carbons (Fsp3) is 0.633. The van der Waals surface area contributed by atoms with Gasteiger partial charge in [-0.25, -0.2) is 0 Å². The maximum Gasteiger partial charge on any atom is 0.130 e. The summed E-state index contributed by atoms with van der Waals surface area (Å²) in [5.41, 5.74) is 1.57. The van der Waals surface area contributed by atoms with E-state index in [0.29, 0.717) is 18.7 Å². The molecule has 1 saturated heterocycles. The normalized spacial score (nSPS) is 45.4. The molecule has 4 aliphatic rings. The van der Waals surface area contributed by atoms with E-state index in [9.17, 15) is 10.2 Å². The molecule has 1 unspecified atom stereocenters. The van der Waals surface area contributed by atoms with E-state index in [2.05, 4.69) is 55.9 Å². The molecule has 2 aliphatic heterocycles. The van der Waals surface area contributed by atoms with Crippen molar-refractivity contribution in [1.82, 2.24) is 10.3 Å². The average molecular weight is 511 g/mol. The molecule has 1 saturated carbocycles. The molecule has 0 amide bonds. The predicted octanol–water partition coefficient (Wildman–Crippen LogP) is 3.39. The maximum atomic E-state index is 11.9. The molecule has 3 heterocycles. The Bertz CT molecular complexity index is 1040. The van der Waals surface area contributed by atoms with E-state index >= 15 is 0 Å². The lowest BCUT2D eigenvalue weighted by Gasteiger charge is -2.49. The third-order valence-electron chi connectivity index (χ3n) is 9.38. The summed E-state index contributed by atoms with van der Waals surface area (Å²) in [6.45, 7) is 12.9. The summed E-state index contributed by atoms with van der Waals surface area (Å²) in [6.07, 6.45) is 8.82. The van der Waals surface area contributed by atoms with Gasteiger partial charge in [0, 0.05) is 61.7 Å². The highest BCUT2D eigenvalue weighted by Gasteiger charge is 2.68. The van der Waals surface area contributed by atoms with Crippen LogP contribution >= 0.6 is 0 Å². The van der Waals surface area contributed by atoms with Gasteiger partial charge in [-0.3, -0.25) is 4.98 Å². The first-order chi connectivity index (χ1) is 17.7. The first-order valence-electron chi connectivity index (χ1n) is 13.6. The van der Waals surface area contributed by atoms with Gasteiger partial charge in [-0.05, 0) is 43.5 Å². The molecule has 0 radical (unpaired) electrons. The molecule has 1 spiro atoms. The lowest BCUT2D eigenvalue weighted by Crippen LogP contribution is -2.59. The fourth-order valence-corrected chi connectivity index (χ4v) is 7.52. The van der Waals surface area contributed by atoms with Gasteiger partial charge in [0.15, 0.2) is 0 Å². The standard InChI is InChI=1S/C30H42N2O5/c1-16-13-17(2)30-22(14-24(35-6)20(5)36-28(16)19(4)33)7-8-23-25(30)27(34)18(3)26(29(23)37-30)32-15-21-9-11-31-12-10-21/h7-13,16,18-19,22-29,32-34H,5,14-15H2,1-4,6H3/b17-13+/t16-,18?,19-,22-,23-,24+,25+,26+,27-,28+,29-,30+/m1/s1. The molecule has 5 rings (SSSR count). The molecule has 4 bridgehead atoms. The predicted molar refractivity (Wildman–Crippen MR) is 141 cm³/mol. The van der Waals surface area contributed by atoms with Crippen molar-refractivity contribution in [2.75, 3.05) is 7.11 Å². The number of hydrogen-bond donors (Lipinski definition) is 3. The Kier molecular flexibility index (Phi) is 7.37. The average Bonchev–Trinajstić information content (AvgIpc) is 3.07. The molecule has 37 heavy (non-hydrogen) atoms. The van der Waals surface area contributed by atoms with Crippen molar-refractivity contribution >= 4 is 0 Å². The SMILES string of the molecule is C=C1O[C@H]([C@@H](C)O)[C@H](C)/C=C(\C)[C@]23O[C@@H]4[C@H](C=C[C@@H]2C[C@@H]1OC)[C@H]3[C@H](O)C(C)[C@@H]4NCc1ccncc1. The number of pyridine rings is 1. The molecular weight excluding hydrogens is 468 g/mol. The van der Waals surface area contributed by atoms with Crippen molar-refractivity contribution < 1.29 is 24.4 Å². The van der Waals surface area contributed by atoms with E-state index in [1.165, 1.54) is 0 Å². The minimum absolute atomic E-state index is 0.00504. The Morgan fingerprint density at radius 2 is 2.00 bits per heavy atom. The van der Waals surface area contributed by atoms with Crippen molar-refractivity contribution in [3.05, 3.63) is 66.2 Å². The maximum absolute atomic E-state index is 11.9. The monoisotopic (exact) mass is 510 g/mol. The molecule has 3 N–H and O–H groups in total. The zero-order valence-corrected chi connectivity index (χ0v) is 22.6. The van der Waals surface area contributed by atoms with Gasteiger partial charge in [0.25, 0.3) is 0 Å². The number of rotatable bonds is 5. The fourth-order valence-electron chi connectivity index (χ4n) is 7.52. The summed E-state index contributed by atoms with van der Waals surface area (Å²) < 4.78 is 19.2. The second kappa shape index (κ2) is 10.3. The van der Waals surface area contributed by atoms with Gasteiger partial charge in [-0.15, -0.1) is 0 Å². The van der Waals surface area contributed by atoms with Gasteiger partial charge in [0.2, 0.25) is 0 Å². The summed E-state index contributed by atoms with van der Waals surface area (Å²) in [5, 5.41) is 26.1. The van der Waals surface area contributed by atoms with E-state index in [0.717, 1.165) is 11.1 Å². The number of ether oxygens (including phenoxy) is 3. The molecule has 12 atom stereocenters. The van der Waals surface area contributed by atoms with Crippen LogP contribution < -0.4 is 5.32 Å². The number of nitrogens with one attached hydrogen (secondary N) is 1. The number of methoxy groups -OCH3 is 1. The second-order valence-corrected chi connectivity index (χ2v) is 11.5. The van der Waals surface area contributed by atoms with Gasteiger partial charge in [0.1, 0.15) is 23.6 Å². The number of nitrogens with zero attached hydrogens (tertiary/aromatic N) is 1. The van der Waals surface area contributed by atoms with Crippen molar-refractivity contribution in [2.24, 2.45) is 29.6 Å². The molecular formula is C30H42N2O5. The van der Waals surface area contributed by atoms with Crippen molar-refractivity contribution in [3.8, 4) is 0 Å². The summed E-state index contributed by atoms with van der Waals surface area (Å²) in [5.74, 6) is 0.461. The van der Waals surface area contributed by atoms with Gasteiger partial charge in [-0.2, -0.15) is 0 Å². The number of aliphatic hydroxyl groups excluding tert-OH is 2. The third-order valence-corrected chi connectivity index (χ3v) is 9.38. The van der Waals surface area contributed by atoms with Crippen molar-refractivity contribution in [3.63, 3.8) is 0 Å². The van der Waals surface area contributed by atoms with Crippen LogP contribution in [0.2, 0.25) is 0 Å². The van der Waals surface area contributed by atoms with Crippen LogP contribution in [0, 0.1) is 29.6 Å².